The number of hydrogen-bond acceptors (Lipinski definition) is 2. The Hall–Kier alpha value is -1.94. The maximum absolute atomic E-state index is 11.5. The van der Waals surface area contributed by atoms with E-state index in [9.17, 15) is 5.11 Å². The van der Waals surface area contributed by atoms with Gasteiger partial charge in [0.15, 0.2) is 6.29 Å². The molecule has 1 fully saturated rings. The normalized spacial score (nSPS) is 18.6. The quantitative estimate of drug-likeness (QED) is 0.779. The van der Waals surface area contributed by atoms with Crippen LogP contribution >= 0.6 is 0 Å². The minimum Gasteiger partial charge on any atom is -0.350 e. The Morgan fingerprint density at radius 1 is 0.852 bits per heavy atom. The molecule has 27 heavy (non-hydrogen) atoms. The van der Waals surface area contributed by atoms with E-state index in [1.807, 2.05) is 12.1 Å². The van der Waals surface area contributed by atoms with Crippen molar-refractivity contribution in [2.75, 3.05) is 13.2 Å². The Kier molecular flexibility index (Phi) is 4.60. The van der Waals surface area contributed by atoms with Gasteiger partial charge in [0.1, 0.15) is 6.61 Å². The van der Waals surface area contributed by atoms with Crippen LogP contribution in [0.1, 0.15) is 47.1 Å². The van der Waals surface area contributed by atoms with Crippen LogP contribution in [0.4, 0.5) is 0 Å². The standard InChI is InChI=1S/C24H25O3/c25-15-18-2-1-3-21-20(18)9-10-22-19-7-4-16(5-11-24-26-12-13-27-24)14-17(19)6-8-23(21)22/h1-3,6,8,14,24H,4-5,7,9-13,15H2. The van der Waals surface area contributed by atoms with Crippen molar-refractivity contribution in [1.82, 2.24) is 0 Å². The molecule has 3 aliphatic rings. The molecule has 0 bridgehead atoms. The van der Waals surface area contributed by atoms with Crippen LogP contribution < -0.4 is 0 Å². The van der Waals surface area contributed by atoms with E-state index < -0.39 is 0 Å². The smallest absolute Gasteiger partial charge is 0.158 e. The van der Waals surface area contributed by atoms with Gasteiger partial charge in [0.05, 0.1) is 13.2 Å². The van der Waals surface area contributed by atoms with Crippen LogP contribution in [0.2, 0.25) is 0 Å². The minimum absolute atomic E-state index is 0.0115. The van der Waals surface area contributed by atoms with Crippen LogP contribution in [0.5, 0.6) is 0 Å². The van der Waals surface area contributed by atoms with E-state index >= 15 is 0 Å². The maximum Gasteiger partial charge on any atom is 0.158 e. The Balaban J connectivity index is 1.44. The largest absolute Gasteiger partial charge is 0.350 e. The van der Waals surface area contributed by atoms with Gasteiger partial charge in [-0.1, -0.05) is 42.0 Å². The van der Waals surface area contributed by atoms with Crippen LogP contribution in [-0.4, -0.2) is 19.5 Å². The fraction of sp³-hybridized carbons (Fsp3) is 0.417. The Bertz CT molecular complexity index is 891. The fourth-order valence-corrected chi connectivity index (χ4v) is 4.90. The van der Waals surface area contributed by atoms with E-state index in [-0.39, 0.29) is 12.9 Å². The third kappa shape index (κ3) is 3.14. The molecule has 1 saturated heterocycles. The number of benzene rings is 2. The van der Waals surface area contributed by atoms with E-state index in [1.54, 1.807) is 0 Å². The zero-order valence-corrected chi connectivity index (χ0v) is 15.6. The molecule has 3 heteroatoms. The molecule has 0 atom stereocenters. The predicted molar refractivity (Wildman–Crippen MR) is 105 cm³/mol. The van der Waals surface area contributed by atoms with Gasteiger partial charge in [-0.15, -0.1) is 0 Å². The monoisotopic (exact) mass is 361 g/mol. The first-order valence-corrected chi connectivity index (χ1v) is 10.1. The van der Waals surface area contributed by atoms with E-state index in [1.165, 1.54) is 39.0 Å². The van der Waals surface area contributed by atoms with Crippen molar-refractivity contribution in [3.63, 3.8) is 0 Å². The lowest BCUT2D eigenvalue weighted by Crippen LogP contribution is -2.13. The third-order valence-electron chi connectivity index (χ3n) is 6.26. The molecule has 2 aliphatic carbocycles. The molecule has 0 N–H and O–H groups in total. The molecule has 2 aromatic rings. The molecule has 0 saturated carbocycles. The zero-order valence-electron chi connectivity index (χ0n) is 15.6. The van der Waals surface area contributed by atoms with Crippen LogP contribution in [0.15, 0.2) is 35.9 Å². The van der Waals surface area contributed by atoms with Crippen molar-refractivity contribution < 1.29 is 14.6 Å². The van der Waals surface area contributed by atoms with E-state index in [4.69, 9.17) is 9.47 Å². The van der Waals surface area contributed by atoms with Gasteiger partial charge >= 0.3 is 0 Å². The lowest BCUT2D eigenvalue weighted by atomic mass is 9.77. The fourth-order valence-electron chi connectivity index (χ4n) is 4.90. The summed E-state index contributed by atoms with van der Waals surface area (Å²) in [5, 5.41) is 11.5. The summed E-state index contributed by atoms with van der Waals surface area (Å²) < 4.78 is 11.1. The predicted octanol–water partition coefficient (Wildman–Crippen LogP) is 4.87. The average molecular weight is 361 g/mol. The van der Waals surface area contributed by atoms with E-state index in [0.717, 1.165) is 57.3 Å². The Labute approximate surface area is 160 Å². The van der Waals surface area contributed by atoms with Crippen LogP contribution in [0.3, 0.4) is 0 Å². The highest BCUT2D eigenvalue weighted by atomic mass is 16.7. The van der Waals surface area contributed by atoms with Crippen molar-refractivity contribution in [3.05, 3.63) is 63.7 Å². The van der Waals surface area contributed by atoms with E-state index in [0.29, 0.717) is 0 Å². The molecule has 139 valence electrons. The van der Waals surface area contributed by atoms with Crippen LogP contribution in [0.25, 0.3) is 17.2 Å². The molecule has 5 rings (SSSR count). The molecule has 1 heterocycles. The zero-order chi connectivity index (χ0) is 18.2. The molecule has 1 aliphatic heterocycles. The minimum atomic E-state index is -0.121. The lowest BCUT2D eigenvalue weighted by molar-refractivity contribution is -0.0462. The second-order valence-corrected chi connectivity index (χ2v) is 7.76. The SMILES string of the molecule is [O]Cc1cccc2c1CCc1c-2ccc2c1CCC(CCC1OCCO1)=C2. The van der Waals surface area contributed by atoms with Gasteiger partial charge in [0, 0.05) is 6.42 Å². The summed E-state index contributed by atoms with van der Waals surface area (Å²) >= 11 is 0. The summed E-state index contributed by atoms with van der Waals surface area (Å²) in [4.78, 5) is 0. The molecule has 1 radical (unpaired) electrons. The third-order valence-corrected chi connectivity index (χ3v) is 6.26. The second kappa shape index (κ2) is 7.23. The highest BCUT2D eigenvalue weighted by molar-refractivity contribution is 5.78. The topological polar surface area (TPSA) is 38.4 Å². The number of ether oxygens (including phenoxy) is 2. The molecular formula is C24H25O3. The molecule has 0 spiro atoms. The molecule has 3 nitrogen and oxygen atoms in total. The summed E-state index contributed by atoms with van der Waals surface area (Å²) in [6.45, 7) is 1.34. The van der Waals surface area contributed by atoms with Crippen molar-refractivity contribution in [3.8, 4) is 11.1 Å². The molecular weight excluding hydrogens is 336 g/mol. The van der Waals surface area contributed by atoms with Gasteiger partial charge in [-0.05, 0) is 71.0 Å². The lowest BCUT2D eigenvalue weighted by Gasteiger charge is -2.27. The molecule has 2 aromatic carbocycles. The Morgan fingerprint density at radius 3 is 2.48 bits per heavy atom. The first kappa shape index (κ1) is 17.2. The highest BCUT2D eigenvalue weighted by Gasteiger charge is 2.24. The molecule has 0 amide bonds. The van der Waals surface area contributed by atoms with Gasteiger partial charge in [0.25, 0.3) is 0 Å². The Morgan fingerprint density at radius 2 is 1.63 bits per heavy atom. The summed E-state index contributed by atoms with van der Waals surface area (Å²) in [5.41, 5.74) is 10.8. The van der Waals surface area contributed by atoms with Crippen molar-refractivity contribution in [2.24, 2.45) is 0 Å². The first-order chi connectivity index (χ1) is 13.3. The summed E-state index contributed by atoms with van der Waals surface area (Å²) in [5.74, 6) is 0. The van der Waals surface area contributed by atoms with Gasteiger partial charge in [0.2, 0.25) is 0 Å². The van der Waals surface area contributed by atoms with Crippen molar-refractivity contribution >= 4 is 6.08 Å². The first-order valence-electron chi connectivity index (χ1n) is 10.1. The summed E-state index contributed by atoms with van der Waals surface area (Å²) in [6, 6.07) is 10.7. The maximum atomic E-state index is 11.5. The second-order valence-electron chi connectivity index (χ2n) is 7.76. The number of rotatable bonds is 4. The van der Waals surface area contributed by atoms with E-state index in [2.05, 4.69) is 24.3 Å². The van der Waals surface area contributed by atoms with Gasteiger partial charge in [-0.2, -0.15) is 0 Å². The van der Waals surface area contributed by atoms with Gasteiger partial charge in [-0.3, -0.25) is 0 Å². The molecule has 0 aromatic heterocycles. The number of fused-ring (bicyclic) bond motifs is 5. The number of allylic oxidation sites excluding steroid dienone is 1. The summed E-state index contributed by atoms with van der Waals surface area (Å²) in [6.07, 6.45) is 8.67. The van der Waals surface area contributed by atoms with Crippen LogP contribution in [-0.2, 0) is 40.4 Å². The van der Waals surface area contributed by atoms with Gasteiger partial charge in [-0.25, -0.2) is 5.11 Å². The van der Waals surface area contributed by atoms with Gasteiger partial charge < -0.3 is 9.47 Å². The average Bonchev–Trinajstić information content (AvgIpc) is 3.24. The van der Waals surface area contributed by atoms with Crippen LogP contribution in [0, 0.1) is 0 Å². The summed E-state index contributed by atoms with van der Waals surface area (Å²) in [7, 11) is 0. The number of hydrogen-bond donors (Lipinski definition) is 0. The molecule has 0 unspecified atom stereocenters. The highest BCUT2D eigenvalue weighted by Crippen LogP contribution is 2.40. The van der Waals surface area contributed by atoms with Crippen molar-refractivity contribution in [1.29, 1.82) is 0 Å². The van der Waals surface area contributed by atoms with Crippen molar-refractivity contribution in [2.45, 2.75) is 51.4 Å².